The van der Waals surface area contributed by atoms with Gasteiger partial charge in [0, 0.05) is 5.02 Å². The first-order valence-electron chi connectivity index (χ1n) is 10.9. The summed E-state index contributed by atoms with van der Waals surface area (Å²) in [7, 11) is 0. The lowest BCUT2D eigenvalue weighted by Crippen LogP contribution is -2.28. The van der Waals surface area contributed by atoms with Gasteiger partial charge in [0.25, 0.3) is 0 Å². The molecule has 5 aromatic carbocycles. The van der Waals surface area contributed by atoms with Gasteiger partial charge in [-0.3, -0.25) is 0 Å². The van der Waals surface area contributed by atoms with E-state index in [0.29, 0.717) is 0 Å². The Balaban J connectivity index is 1.70. The third-order valence-electron chi connectivity index (χ3n) is 6.62. The molecule has 0 amide bonds. The predicted octanol–water partition coefficient (Wildman–Crippen LogP) is 8.37. The molecule has 32 heavy (non-hydrogen) atoms. The van der Waals surface area contributed by atoms with Gasteiger partial charge in [-0.2, -0.15) is 0 Å². The highest BCUT2D eigenvalue weighted by Crippen LogP contribution is 2.56. The number of hydrogen-bond acceptors (Lipinski definition) is 0. The molecule has 0 radical (unpaired) electrons. The summed E-state index contributed by atoms with van der Waals surface area (Å²) < 4.78 is 0. The monoisotopic (exact) mass is 428 g/mol. The van der Waals surface area contributed by atoms with E-state index >= 15 is 0 Å². The summed E-state index contributed by atoms with van der Waals surface area (Å²) in [6, 6.07) is 45.5. The van der Waals surface area contributed by atoms with Crippen LogP contribution in [0.5, 0.6) is 0 Å². The van der Waals surface area contributed by atoms with E-state index in [1.54, 1.807) is 0 Å². The van der Waals surface area contributed by atoms with E-state index in [4.69, 9.17) is 11.6 Å². The van der Waals surface area contributed by atoms with Gasteiger partial charge >= 0.3 is 0 Å². The second-order valence-corrected chi connectivity index (χ2v) is 8.73. The molecule has 0 aromatic heterocycles. The van der Waals surface area contributed by atoms with Crippen molar-refractivity contribution < 1.29 is 0 Å². The Kier molecular flexibility index (Phi) is 4.48. The van der Waals surface area contributed by atoms with Gasteiger partial charge in [-0.1, -0.05) is 121 Å². The minimum atomic E-state index is -0.346. The summed E-state index contributed by atoms with van der Waals surface area (Å²) in [5.41, 5.74) is 9.76. The van der Waals surface area contributed by atoms with Crippen LogP contribution in [0.1, 0.15) is 22.3 Å². The summed E-state index contributed by atoms with van der Waals surface area (Å²) >= 11 is 6.30. The summed E-state index contributed by atoms with van der Waals surface area (Å²) in [4.78, 5) is 0. The van der Waals surface area contributed by atoms with Crippen molar-refractivity contribution in [1.29, 1.82) is 0 Å². The van der Waals surface area contributed by atoms with Crippen LogP contribution in [-0.4, -0.2) is 0 Å². The van der Waals surface area contributed by atoms with Crippen LogP contribution < -0.4 is 0 Å². The molecule has 5 aromatic rings. The zero-order valence-electron chi connectivity index (χ0n) is 17.5. The highest BCUT2D eigenvalue weighted by atomic mass is 35.5. The van der Waals surface area contributed by atoms with Crippen LogP contribution in [0, 0.1) is 0 Å². The van der Waals surface area contributed by atoms with Crippen molar-refractivity contribution in [2.45, 2.75) is 5.41 Å². The molecule has 1 aliphatic carbocycles. The molecule has 0 saturated heterocycles. The normalized spacial score (nSPS) is 13.4. The van der Waals surface area contributed by atoms with Crippen molar-refractivity contribution in [2.75, 3.05) is 0 Å². The van der Waals surface area contributed by atoms with Crippen LogP contribution in [0.25, 0.3) is 22.3 Å². The van der Waals surface area contributed by atoms with Gasteiger partial charge in [0.15, 0.2) is 0 Å². The number of rotatable bonds is 3. The van der Waals surface area contributed by atoms with Gasteiger partial charge < -0.3 is 0 Å². The zero-order valence-corrected chi connectivity index (χ0v) is 18.3. The number of benzene rings is 5. The predicted molar refractivity (Wildman–Crippen MR) is 134 cm³/mol. The van der Waals surface area contributed by atoms with E-state index < -0.39 is 0 Å². The highest BCUT2D eigenvalue weighted by molar-refractivity contribution is 6.30. The quantitative estimate of drug-likeness (QED) is 0.265. The lowest BCUT2D eigenvalue weighted by Gasteiger charge is -2.33. The molecule has 0 unspecified atom stereocenters. The average molecular weight is 429 g/mol. The van der Waals surface area contributed by atoms with Gasteiger partial charge in [0.1, 0.15) is 0 Å². The Morgan fingerprint density at radius 3 is 1.72 bits per heavy atom. The SMILES string of the molecule is Clc1cccc(-c2ccc3c(c2)-c2ccccc2C3(c2ccccc2)c2ccccc2)c1. The standard InChI is InChI=1S/C31H21Cl/c32-26-15-9-10-22(20-26)23-18-19-30-28(21-23)27-16-7-8-17-29(27)31(30,24-11-3-1-4-12-24)25-13-5-2-6-14-25/h1-21H. The van der Waals surface area contributed by atoms with Crippen molar-refractivity contribution in [3.05, 3.63) is 155 Å². The summed E-state index contributed by atoms with van der Waals surface area (Å²) in [6.45, 7) is 0. The van der Waals surface area contributed by atoms with Gasteiger partial charge in [-0.15, -0.1) is 0 Å². The van der Waals surface area contributed by atoms with E-state index in [9.17, 15) is 0 Å². The maximum Gasteiger partial charge on any atom is 0.0713 e. The Labute approximate surface area is 193 Å². The number of hydrogen-bond donors (Lipinski definition) is 0. The van der Waals surface area contributed by atoms with E-state index in [0.717, 1.165) is 10.6 Å². The van der Waals surface area contributed by atoms with E-state index in [1.807, 2.05) is 18.2 Å². The minimum absolute atomic E-state index is 0.346. The fraction of sp³-hybridized carbons (Fsp3) is 0.0323. The molecule has 1 aliphatic rings. The maximum absolute atomic E-state index is 6.30. The molecule has 0 bridgehead atoms. The zero-order chi connectivity index (χ0) is 21.5. The second-order valence-electron chi connectivity index (χ2n) is 8.30. The summed E-state index contributed by atoms with van der Waals surface area (Å²) in [5.74, 6) is 0. The van der Waals surface area contributed by atoms with Crippen LogP contribution in [0.4, 0.5) is 0 Å². The summed E-state index contributed by atoms with van der Waals surface area (Å²) in [6.07, 6.45) is 0. The lowest BCUT2D eigenvalue weighted by atomic mass is 9.67. The van der Waals surface area contributed by atoms with Crippen LogP contribution in [0.3, 0.4) is 0 Å². The third-order valence-corrected chi connectivity index (χ3v) is 6.85. The van der Waals surface area contributed by atoms with Gasteiger partial charge in [0.05, 0.1) is 5.41 Å². The molecule has 1 heteroatoms. The van der Waals surface area contributed by atoms with Crippen molar-refractivity contribution >= 4 is 11.6 Å². The van der Waals surface area contributed by atoms with E-state index in [1.165, 1.54) is 38.9 Å². The smallest absolute Gasteiger partial charge is 0.0713 e. The molecule has 0 spiro atoms. The van der Waals surface area contributed by atoms with Crippen molar-refractivity contribution in [1.82, 2.24) is 0 Å². The van der Waals surface area contributed by atoms with Gasteiger partial charge in [0.2, 0.25) is 0 Å². The molecule has 0 heterocycles. The molecule has 152 valence electrons. The average Bonchev–Trinajstić information content (AvgIpc) is 3.16. The largest absolute Gasteiger partial charge is 0.0843 e. The molecule has 0 fully saturated rings. The first-order chi connectivity index (χ1) is 15.8. The fourth-order valence-corrected chi connectivity index (χ4v) is 5.49. The van der Waals surface area contributed by atoms with Crippen molar-refractivity contribution in [2.24, 2.45) is 0 Å². The Hall–Kier alpha value is -3.61. The first-order valence-corrected chi connectivity index (χ1v) is 11.3. The van der Waals surface area contributed by atoms with Gasteiger partial charge in [-0.25, -0.2) is 0 Å². The minimum Gasteiger partial charge on any atom is -0.0843 e. The van der Waals surface area contributed by atoms with Crippen LogP contribution in [0.15, 0.2) is 127 Å². The van der Waals surface area contributed by atoms with Crippen LogP contribution in [0.2, 0.25) is 5.02 Å². The first kappa shape index (κ1) is 19.1. The van der Waals surface area contributed by atoms with Gasteiger partial charge in [-0.05, 0) is 62.7 Å². The summed E-state index contributed by atoms with van der Waals surface area (Å²) in [5, 5.41) is 0.756. The Bertz CT molecular complexity index is 1380. The molecule has 6 rings (SSSR count). The second kappa shape index (κ2) is 7.51. The Morgan fingerprint density at radius 1 is 0.438 bits per heavy atom. The maximum atomic E-state index is 6.30. The van der Waals surface area contributed by atoms with E-state index in [-0.39, 0.29) is 5.41 Å². The van der Waals surface area contributed by atoms with Crippen LogP contribution >= 0.6 is 11.6 Å². The Morgan fingerprint density at radius 2 is 1.03 bits per heavy atom. The fourth-order valence-electron chi connectivity index (χ4n) is 5.30. The molecule has 0 nitrogen and oxygen atoms in total. The molecular weight excluding hydrogens is 408 g/mol. The highest BCUT2D eigenvalue weighted by Gasteiger charge is 2.45. The van der Waals surface area contributed by atoms with E-state index in [2.05, 4.69) is 109 Å². The van der Waals surface area contributed by atoms with Crippen LogP contribution in [-0.2, 0) is 5.41 Å². The van der Waals surface area contributed by atoms with Crippen molar-refractivity contribution in [3.8, 4) is 22.3 Å². The third kappa shape index (κ3) is 2.77. The number of fused-ring (bicyclic) bond motifs is 3. The molecule has 0 saturated carbocycles. The molecule has 0 N–H and O–H groups in total. The van der Waals surface area contributed by atoms with Crippen molar-refractivity contribution in [3.63, 3.8) is 0 Å². The topological polar surface area (TPSA) is 0 Å². The molecular formula is C31H21Cl. The molecule has 0 atom stereocenters. The lowest BCUT2D eigenvalue weighted by molar-refractivity contribution is 0.768. The number of halogens is 1. The molecule has 0 aliphatic heterocycles.